The monoisotopic (exact) mass is 232 g/mol. The van der Waals surface area contributed by atoms with Crippen LogP contribution >= 0.6 is 11.3 Å². The van der Waals surface area contributed by atoms with E-state index in [0.29, 0.717) is 0 Å². The van der Waals surface area contributed by atoms with E-state index in [2.05, 4.69) is 9.38 Å². The van der Waals surface area contributed by atoms with Gasteiger partial charge in [0.2, 0.25) is 0 Å². The van der Waals surface area contributed by atoms with Gasteiger partial charge in [-0.15, -0.1) is 0 Å². The number of rotatable bonds is 1. The molecule has 3 rings (SSSR count). The van der Waals surface area contributed by atoms with Gasteiger partial charge in [0.15, 0.2) is 4.96 Å². The third-order valence-electron chi connectivity index (χ3n) is 2.73. The summed E-state index contributed by atoms with van der Waals surface area (Å²) in [4.78, 5) is 5.26. The molecule has 1 N–H and O–H groups in total. The summed E-state index contributed by atoms with van der Waals surface area (Å²) >= 11 is 1.64. The Morgan fingerprint density at radius 2 is 2.19 bits per heavy atom. The van der Waals surface area contributed by atoms with Crippen LogP contribution in [0.3, 0.4) is 0 Å². The number of fused-ring (bicyclic) bond motifs is 3. The molecule has 0 bridgehead atoms. The molecule has 0 saturated heterocycles. The number of aromatic nitrogens is 2. The Kier molecular flexibility index (Phi) is 1.87. The van der Waals surface area contributed by atoms with Gasteiger partial charge < -0.3 is 5.11 Å². The number of hydrogen-bond donors (Lipinski definition) is 1. The highest BCUT2D eigenvalue weighted by molar-refractivity contribution is 7.23. The van der Waals surface area contributed by atoms with Gasteiger partial charge in [0.05, 0.1) is 15.8 Å². The third-order valence-corrected chi connectivity index (χ3v) is 3.77. The zero-order valence-electron chi connectivity index (χ0n) is 9.14. The van der Waals surface area contributed by atoms with Crippen molar-refractivity contribution in [3.05, 3.63) is 36.2 Å². The lowest BCUT2D eigenvalue weighted by Crippen LogP contribution is -2.14. The van der Waals surface area contributed by atoms with Crippen molar-refractivity contribution in [3.63, 3.8) is 0 Å². The summed E-state index contributed by atoms with van der Waals surface area (Å²) in [5, 5.41) is 9.96. The summed E-state index contributed by atoms with van der Waals surface area (Å²) in [6, 6.07) is 6.04. The Morgan fingerprint density at radius 3 is 2.94 bits per heavy atom. The first-order valence-electron chi connectivity index (χ1n) is 5.14. The van der Waals surface area contributed by atoms with Crippen LogP contribution in [0.5, 0.6) is 0 Å². The molecular formula is C12H12N2OS. The van der Waals surface area contributed by atoms with Crippen molar-refractivity contribution in [2.45, 2.75) is 19.4 Å². The van der Waals surface area contributed by atoms with E-state index in [9.17, 15) is 5.11 Å². The normalized spacial score (nSPS) is 12.7. The maximum atomic E-state index is 9.96. The molecule has 0 atom stereocenters. The maximum absolute atomic E-state index is 9.96. The molecule has 2 heterocycles. The summed E-state index contributed by atoms with van der Waals surface area (Å²) in [5.74, 6) is 0. The van der Waals surface area contributed by atoms with E-state index in [1.165, 1.54) is 0 Å². The van der Waals surface area contributed by atoms with Gasteiger partial charge in [0.1, 0.15) is 0 Å². The van der Waals surface area contributed by atoms with Crippen molar-refractivity contribution in [1.29, 1.82) is 0 Å². The zero-order valence-corrected chi connectivity index (χ0v) is 9.95. The van der Waals surface area contributed by atoms with E-state index >= 15 is 0 Å². The van der Waals surface area contributed by atoms with Gasteiger partial charge in [0, 0.05) is 12.4 Å². The van der Waals surface area contributed by atoms with E-state index in [4.69, 9.17) is 0 Å². The summed E-state index contributed by atoms with van der Waals surface area (Å²) < 4.78 is 3.22. The van der Waals surface area contributed by atoms with Crippen molar-refractivity contribution in [2.24, 2.45) is 0 Å². The Balaban J connectivity index is 2.33. The van der Waals surface area contributed by atoms with Crippen LogP contribution in [0.25, 0.3) is 15.2 Å². The van der Waals surface area contributed by atoms with Gasteiger partial charge in [-0.25, -0.2) is 4.98 Å². The summed E-state index contributed by atoms with van der Waals surface area (Å²) in [7, 11) is 0. The Morgan fingerprint density at radius 1 is 1.38 bits per heavy atom. The van der Waals surface area contributed by atoms with E-state index in [1.54, 1.807) is 31.4 Å². The highest BCUT2D eigenvalue weighted by Gasteiger charge is 2.17. The van der Waals surface area contributed by atoms with Crippen LogP contribution in [0.1, 0.15) is 19.4 Å². The van der Waals surface area contributed by atoms with Crippen LogP contribution in [-0.4, -0.2) is 14.5 Å². The average molecular weight is 232 g/mol. The van der Waals surface area contributed by atoms with Gasteiger partial charge in [-0.1, -0.05) is 17.4 Å². The number of benzene rings is 1. The van der Waals surface area contributed by atoms with E-state index in [1.807, 2.05) is 24.4 Å². The maximum Gasteiger partial charge on any atom is 0.194 e. The van der Waals surface area contributed by atoms with Crippen LogP contribution in [-0.2, 0) is 5.60 Å². The molecule has 0 fully saturated rings. The molecule has 0 unspecified atom stereocenters. The molecule has 3 nitrogen and oxygen atoms in total. The van der Waals surface area contributed by atoms with Crippen molar-refractivity contribution in [3.8, 4) is 0 Å². The molecule has 0 amide bonds. The fraction of sp³-hybridized carbons (Fsp3) is 0.250. The smallest absolute Gasteiger partial charge is 0.194 e. The minimum Gasteiger partial charge on any atom is -0.386 e. The fourth-order valence-corrected chi connectivity index (χ4v) is 2.85. The first-order chi connectivity index (χ1) is 7.55. The second-order valence-corrected chi connectivity index (χ2v) is 5.43. The van der Waals surface area contributed by atoms with Gasteiger partial charge in [-0.05, 0) is 31.5 Å². The number of imidazole rings is 1. The second kappa shape index (κ2) is 3.06. The van der Waals surface area contributed by atoms with Crippen molar-refractivity contribution >= 4 is 26.5 Å². The first-order valence-corrected chi connectivity index (χ1v) is 5.96. The quantitative estimate of drug-likeness (QED) is 0.700. The molecule has 0 spiro atoms. The van der Waals surface area contributed by atoms with Crippen LogP contribution in [0.4, 0.5) is 0 Å². The topological polar surface area (TPSA) is 37.5 Å². The zero-order chi connectivity index (χ0) is 11.3. The van der Waals surface area contributed by atoms with Crippen LogP contribution in [0.2, 0.25) is 0 Å². The molecule has 0 radical (unpaired) electrons. The predicted octanol–water partition coefficient (Wildman–Crippen LogP) is 2.78. The van der Waals surface area contributed by atoms with E-state index in [0.717, 1.165) is 20.7 Å². The molecule has 2 aromatic heterocycles. The summed E-state index contributed by atoms with van der Waals surface area (Å²) in [5.41, 5.74) is 1.29. The molecule has 0 aliphatic heterocycles. The largest absolute Gasteiger partial charge is 0.386 e. The van der Waals surface area contributed by atoms with Gasteiger partial charge in [0.25, 0.3) is 0 Å². The number of nitrogens with zero attached hydrogens (tertiary/aromatic N) is 2. The molecular weight excluding hydrogens is 220 g/mol. The Labute approximate surface area is 97.0 Å². The molecule has 3 aromatic rings. The molecule has 0 aliphatic rings. The molecule has 0 saturated carbocycles. The molecule has 82 valence electrons. The molecule has 0 aliphatic carbocycles. The number of aliphatic hydroxyl groups is 1. The third kappa shape index (κ3) is 1.34. The summed E-state index contributed by atoms with van der Waals surface area (Å²) in [6.45, 7) is 3.60. The molecule has 16 heavy (non-hydrogen) atoms. The van der Waals surface area contributed by atoms with Gasteiger partial charge in [-0.3, -0.25) is 4.40 Å². The van der Waals surface area contributed by atoms with Crippen LogP contribution < -0.4 is 0 Å². The van der Waals surface area contributed by atoms with Gasteiger partial charge >= 0.3 is 0 Å². The predicted molar refractivity (Wildman–Crippen MR) is 65.8 cm³/mol. The second-order valence-electron chi connectivity index (χ2n) is 4.42. The van der Waals surface area contributed by atoms with Crippen LogP contribution in [0.15, 0.2) is 30.6 Å². The lowest BCUT2D eigenvalue weighted by Gasteiger charge is -2.17. The van der Waals surface area contributed by atoms with E-state index < -0.39 is 5.60 Å². The summed E-state index contributed by atoms with van der Waals surface area (Å²) in [6.07, 6.45) is 3.76. The van der Waals surface area contributed by atoms with Gasteiger partial charge in [-0.2, -0.15) is 0 Å². The van der Waals surface area contributed by atoms with Crippen molar-refractivity contribution in [1.82, 2.24) is 9.38 Å². The standard InChI is InChI=1S/C12H12N2OS/c1-12(2,15)8-3-4-9-10(7-8)16-11-13-5-6-14(9)11/h3-7,15H,1-2H3. The SMILES string of the molecule is CC(C)(O)c1ccc2c(c1)sc1nccn12. The minimum absolute atomic E-state index is 0.791. The van der Waals surface area contributed by atoms with Crippen molar-refractivity contribution in [2.75, 3.05) is 0 Å². The number of thiazole rings is 1. The molecule has 1 aromatic carbocycles. The Hall–Kier alpha value is -1.39. The highest BCUT2D eigenvalue weighted by atomic mass is 32.1. The lowest BCUT2D eigenvalue weighted by atomic mass is 9.98. The average Bonchev–Trinajstić information content (AvgIpc) is 2.74. The highest BCUT2D eigenvalue weighted by Crippen LogP contribution is 2.29. The Bertz CT molecular complexity index is 660. The fourth-order valence-electron chi connectivity index (χ4n) is 1.82. The lowest BCUT2D eigenvalue weighted by molar-refractivity contribution is 0.0787. The number of hydrogen-bond acceptors (Lipinski definition) is 3. The van der Waals surface area contributed by atoms with Crippen LogP contribution in [0, 0.1) is 0 Å². The van der Waals surface area contributed by atoms with Crippen molar-refractivity contribution < 1.29 is 5.11 Å². The minimum atomic E-state index is -0.791. The molecule has 4 heteroatoms. The van der Waals surface area contributed by atoms with E-state index in [-0.39, 0.29) is 0 Å². The first kappa shape index (κ1) is 9.81.